The van der Waals surface area contributed by atoms with Gasteiger partial charge in [-0.15, -0.1) is 0 Å². The molecule has 36 heavy (non-hydrogen) atoms. The highest BCUT2D eigenvalue weighted by molar-refractivity contribution is 7.89. The van der Waals surface area contributed by atoms with Crippen LogP contribution in [0.1, 0.15) is 31.4 Å². The lowest BCUT2D eigenvalue weighted by Gasteiger charge is -2.21. The van der Waals surface area contributed by atoms with Crippen LogP contribution in [0.3, 0.4) is 0 Å². The van der Waals surface area contributed by atoms with Gasteiger partial charge < -0.3 is 4.74 Å². The summed E-state index contributed by atoms with van der Waals surface area (Å²) < 4.78 is 33.5. The van der Waals surface area contributed by atoms with Crippen molar-refractivity contribution in [1.29, 1.82) is 0 Å². The Balaban J connectivity index is 1.47. The standard InChI is InChI=1S/C27H30ClN3O4S/c1-35-27(32)10-4-2-3-8-24-17-23(30-36(33,34)25-15-12-21(28)13-16-25)19-31(24)18-22-14-11-20-7-5-6-9-26(20)29-22/h3,5-9,11-16,23-24,30H,2,4,10,17-19H2,1H3/b8-3-/t23-,24-/m1/s1. The number of hydrogen-bond acceptors (Lipinski definition) is 6. The lowest BCUT2D eigenvalue weighted by atomic mass is 10.1. The number of benzene rings is 2. The number of fused-ring (bicyclic) bond motifs is 1. The topological polar surface area (TPSA) is 88.6 Å². The van der Waals surface area contributed by atoms with Gasteiger partial charge in [0.15, 0.2) is 0 Å². The van der Waals surface area contributed by atoms with Gasteiger partial charge in [0.25, 0.3) is 0 Å². The van der Waals surface area contributed by atoms with E-state index in [9.17, 15) is 13.2 Å². The summed E-state index contributed by atoms with van der Waals surface area (Å²) in [7, 11) is -2.29. The number of methoxy groups -OCH3 is 1. The average Bonchev–Trinajstić information content (AvgIpc) is 3.23. The number of rotatable bonds is 10. The predicted molar refractivity (Wildman–Crippen MR) is 141 cm³/mol. The number of esters is 1. The van der Waals surface area contributed by atoms with Gasteiger partial charge in [0.05, 0.1) is 23.2 Å². The molecule has 4 rings (SSSR count). The first kappa shape index (κ1) is 26.3. The van der Waals surface area contributed by atoms with E-state index in [0.717, 1.165) is 23.0 Å². The molecule has 1 N–H and O–H groups in total. The summed E-state index contributed by atoms with van der Waals surface area (Å²) in [5.74, 6) is -0.218. The van der Waals surface area contributed by atoms with Crippen molar-refractivity contribution in [3.05, 3.63) is 83.5 Å². The van der Waals surface area contributed by atoms with E-state index in [1.54, 1.807) is 12.1 Å². The molecule has 1 aromatic heterocycles. The van der Waals surface area contributed by atoms with Crippen molar-refractivity contribution in [3.8, 4) is 0 Å². The monoisotopic (exact) mass is 527 g/mol. The van der Waals surface area contributed by atoms with Crippen molar-refractivity contribution in [3.63, 3.8) is 0 Å². The Hall–Kier alpha value is -2.78. The first-order chi connectivity index (χ1) is 17.3. The van der Waals surface area contributed by atoms with E-state index in [0.29, 0.717) is 37.4 Å². The molecular formula is C27H30ClN3O4S. The van der Waals surface area contributed by atoms with Gasteiger partial charge in [0.2, 0.25) is 10.0 Å². The number of unbranched alkanes of at least 4 members (excludes halogenated alkanes) is 1. The van der Waals surface area contributed by atoms with Crippen LogP contribution in [0.5, 0.6) is 0 Å². The summed E-state index contributed by atoms with van der Waals surface area (Å²) in [6.45, 7) is 1.15. The minimum atomic E-state index is -3.68. The van der Waals surface area contributed by atoms with Gasteiger partial charge >= 0.3 is 5.97 Å². The zero-order valence-electron chi connectivity index (χ0n) is 20.1. The van der Waals surface area contributed by atoms with Gasteiger partial charge in [-0.1, -0.05) is 48.0 Å². The zero-order valence-corrected chi connectivity index (χ0v) is 21.7. The molecule has 0 unspecified atom stereocenters. The van der Waals surface area contributed by atoms with Crippen LogP contribution in [0.25, 0.3) is 10.9 Å². The summed E-state index contributed by atoms with van der Waals surface area (Å²) in [5.41, 5.74) is 1.86. The highest BCUT2D eigenvalue weighted by Gasteiger charge is 2.33. The largest absolute Gasteiger partial charge is 0.469 e. The number of sulfonamides is 1. The summed E-state index contributed by atoms with van der Waals surface area (Å²) in [6, 6.07) is 18.0. The average molecular weight is 528 g/mol. The van der Waals surface area contributed by atoms with E-state index < -0.39 is 10.0 Å². The summed E-state index contributed by atoms with van der Waals surface area (Å²) >= 11 is 5.92. The Kier molecular flexibility index (Phi) is 8.74. The minimum Gasteiger partial charge on any atom is -0.469 e. The van der Waals surface area contributed by atoms with Crippen molar-refractivity contribution in [2.75, 3.05) is 13.7 Å². The molecule has 0 amide bonds. The number of nitrogens with one attached hydrogen (secondary N) is 1. The SMILES string of the molecule is COC(=O)CCC/C=C\[C@@H]1C[C@@H](NS(=O)(=O)c2ccc(Cl)cc2)CN1Cc1ccc2ccccc2n1. The van der Waals surface area contributed by atoms with Gasteiger partial charge in [-0.3, -0.25) is 14.7 Å². The second-order valence-electron chi connectivity index (χ2n) is 8.90. The molecule has 0 bridgehead atoms. The highest BCUT2D eigenvalue weighted by atomic mass is 35.5. The molecule has 2 heterocycles. The first-order valence-corrected chi connectivity index (χ1v) is 13.8. The number of ether oxygens (including phenoxy) is 1. The van der Waals surface area contributed by atoms with Crippen molar-refractivity contribution >= 4 is 38.5 Å². The van der Waals surface area contributed by atoms with Crippen LogP contribution in [-0.4, -0.2) is 50.0 Å². The second-order valence-corrected chi connectivity index (χ2v) is 11.0. The van der Waals surface area contributed by atoms with Crippen molar-refractivity contribution < 1.29 is 17.9 Å². The van der Waals surface area contributed by atoms with E-state index in [1.165, 1.54) is 19.2 Å². The summed E-state index contributed by atoms with van der Waals surface area (Å²) in [6.07, 6.45) is 6.62. The Morgan fingerprint density at radius 2 is 1.94 bits per heavy atom. The molecule has 9 heteroatoms. The number of para-hydroxylation sites is 1. The third-order valence-corrected chi connectivity index (χ3v) is 8.04. The first-order valence-electron chi connectivity index (χ1n) is 11.9. The fourth-order valence-corrected chi connectivity index (χ4v) is 5.79. The third kappa shape index (κ3) is 6.91. The van der Waals surface area contributed by atoms with E-state index >= 15 is 0 Å². The minimum absolute atomic E-state index is 0.0364. The Morgan fingerprint density at radius 1 is 1.17 bits per heavy atom. The molecule has 0 aliphatic carbocycles. The Morgan fingerprint density at radius 3 is 2.72 bits per heavy atom. The predicted octanol–water partition coefficient (Wildman–Crippen LogP) is 4.71. The van der Waals surface area contributed by atoms with Crippen LogP contribution in [0, 0.1) is 0 Å². The van der Waals surface area contributed by atoms with Gasteiger partial charge in [-0.2, -0.15) is 0 Å². The maximum absolute atomic E-state index is 13.0. The number of nitrogens with zero attached hydrogens (tertiary/aromatic N) is 2. The van der Waals surface area contributed by atoms with Crippen LogP contribution in [-0.2, 0) is 26.1 Å². The molecule has 2 aromatic carbocycles. The normalized spacial score (nSPS) is 18.7. The lowest BCUT2D eigenvalue weighted by Crippen LogP contribution is -2.37. The number of pyridine rings is 1. The number of hydrogen-bond donors (Lipinski definition) is 1. The molecule has 7 nitrogen and oxygen atoms in total. The summed E-state index contributed by atoms with van der Waals surface area (Å²) in [4.78, 5) is 18.6. The molecule has 1 fully saturated rings. The van der Waals surface area contributed by atoms with Crippen LogP contribution in [0.2, 0.25) is 5.02 Å². The molecule has 1 aliphatic rings. The molecule has 1 aliphatic heterocycles. The Labute approximate surface area is 217 Å². The molecule has 2 atom stereocenters. The van der Waals surface area contributed by atoms with Gasteiger partial charge in [-0.25, -0.2) is 13.1 Å². The van der Waals surface area contributed by atoms with Crippen LogP contribution >= 0.6 is 11.6 Å². The van der Waals surface area contributed by atoms with Crippen molar-refractivity contribution in [2.45, 2.75) is 49.2 Å². The fourth-order valence-electron chi connectivity index (χ4n) is 4.43. The maximum atomic E-state index is 13.0. The maximum Gasteiger partial charge on any atom is 0.305 e. The molecule has 3 aromatic rings. The molecular weight excluding hydrogens is 498 g/mol. The van der Waals surface area contributed by atoms with Crippen molar-refractivity contribution in [2.24, 2.45) is 0 Å². The summed E-state index contributed by atoms with van der Waals surface area (Å²) in [5, 5.41) is 1.57. The second kappa shape index (κ2) is 12.0. The quantitative estimate of drug-likeness (QED) is 0.233. The van der Waals surface area contributed by atoms with Crippen LogP contribution in [0.4, 0.5) is 0 Å². The van der Waals surface area contributed by atoms with E-state index in [4.69, 9.17) is 21.3 Å². The molecule has 0 saturated carbocycles. The molecule has 0 spiro atoms. The van der Waals surface area contributed by atoms with Gasteiger partial charge in [0, 0.05) is 42.0 Å². The number of aromatic nitrogens is 1. The fraction of sp³-hybridized carbons (Fsp3) is 0.333. The van der Waals surface area contributed by atoms with E-state index in [1.807, 2.05) is 30.3 Å². The van der Waals surface area contributed by atoms with Gasteiger partial charge in [-0.05, 0) is 55.7 Å². The highest BCUT2D eigenvalue weighted by Crippen LogP contribution is 2.24. The Bertz CT molecular complexity index is 1330. The number of carbonyl (C=O) groups is 1. The van der Waals surface area contributed by atoms with Crippen LogP contribution < -0.4 is 4.72 Å². The van der Waals surface area contributed by atoms with E-state index in [-0.39, 0.29) is 22.9 Å². The zero-order chi connectivity index (χ0) is 25.5. The smallest absolute Gasteiger partial charge is 0.305 e. The number of likely N-dealkylation sites (tertiary alicyclic amines) is 1. The molecule has 1 saturated heterocycles. The molecule has 190 valence electrons. The van der Waals surface area contributed by atoms with E-state index in [2.05, 4.69) is 27.8 Å². The van der Waals surface area contributed by atoms with Crippen LogP contribution in [0.15, 0.2) is 77.7 Å². The third-order valence-electron chi connectivity index (χ3n) is 6.25. The molecule has 0 radical (unpaired) electrons. The number of allylic oxidation sites excluding steroid dienone is 1. The lowest BCUT2D eigenvalue weighted by molar-refractivity contribution is -0.140. The number of halogens is 1. The number of carbonyl (C=O) groups excluding carboxylic acids is 1. The van der Waals surface area contributed by atoms with Crippen molar-refractivity contribution in [1.82, 2.24) is 14.6 Å². The van der Waals surface area contributed by atoms with Gasteiger partial charge in [0.1, 0.15) is 0 Å².